The molecule has 1 aliphatic rings. The van der Waals surface area contributed by atoms with Crippen LogP contribution in [0.5, 0.6) is 0 Å². The number of hydrogen-bond acceptors (Lipinski definition) is 3. The van der Waals surface area contributed by atoms with Gasteiger partial charge in [0.2, 0.25) is 6.54 Å². The van der Waals surface area contributed by atoms with Gasteiger partial charge in [-0.1, -0.05) is 34.1 Å². The van der Waals surface area contributed by atoms with Crippen LogP contribution in [0.1, 0.15) is 24.8 Å². The van der Waals surface area contributed by atoms with E-state index in [1.807, 2.05) is 24.3 Å². The minimum Gasteiger partial charge on any atom is -0.299 e. The maximum Gasteiger partial charge on any atom is 0.207 e. The predicted molar refractivity (Wildman–Crippen MR) is 75.5 cm³/mol. The number of halogens is 1. The molecule has 0 spiro atoms. The van der Waals surface area contributed by atoms with Crippen LogP contribution in [0.25, 0.3) is 0 Å². The Balaban J connectivity index is 2.16. The summed E-state index contributed by atoms with van der Waals surface area (Å²) >= 11 is 3.47. The molecule has 1 fully saturated rings. The van der Waals surface area contributed by atoms with Gasteiger partial charge in [0.1, 0.15) is 5.78 Å². The lowest BCUT2D eigenvalue weighted by molar-refractivity contribution is -0.490. The standard InChI is InChI=1S/C14H16BrNO3/c15-13-6-2-1-4-10(13)8-12-11(9-16(18)19)5-3-7-14(12)17/h1-2,4,6,11-12H,3,5,7-9H2/t11-,12-/m0/s1. The highest BCUT2D eigenvalue weighted by Crippen LogP contribution is 2.32. The van der Waals surface area contributed by atoms with E-state index in [1.54, 1.807) is 0 Å². The zero-order valence-corrected chi connectivity index (χ0v) is 12.1. The van der Waals surface area contributed by atoms with E-state index in [2.05, 4.69) is 15.9 Å². The van der Waals surface area contributed by atoms with Gasteiger partial charge in [-0.3, -0.25) is 14.9 Å². The van der Waals surface area contributed by atoms with Crippen LogP contribution in [0, 0.1) is 22.0 Å². The molecule has 0 aromatic heterocycles. The quantitative estimate of drug-likeness (QED) is 0.630. The van der Waals surface area contributed by atoms with Crippen molar-refractivity contribution in [2.75, 3.05) is 6.54 Å². The van der Waals surface area contributed by atoms with Gasteiger partial charge < -0.3 is 0 Å². The summed E-state index contributed by atoms with van der Waals surface area (Å²) in [5.41, 5.74) is 1.05. The van der Waals surface area contributed by atoms with Crippen LogP contribution in [0.2, 0.25) is 0 Å². The van der Waals surface area contributed by atoms with Crippen LogP contribution in [-0.2, 0) is 11.2 Å². The molecular weight excluding hydrogens is 310 g/mol. The Morgan fingerprint density at radius 1 is 1.37 bits per heavy atom. The molecule has 19 heavy (non-hydrogen) atoms. The molecule has 1 aliphatic carbocycles. The van der Waals surface area contributed by atoms with E-state index in [1.165, 1.54) is 0 Å². The number of benzene rings is 1. The maximum absolute atomic E-state index is 12.1. The maximum atomic E-state index is 12.1. The third-order valence-electron chi connectivity index (χ3n) is 3.76. The molecule has 0 heterocycles. The molecular formula is C14H16BrNO3. The normalized spacial score (nSPS) is 23.3. The van der Waals surface area contributed by atoms with Crippen molar-refractivity contribution in [2.24, 2.45) is 11.8 Å². The van der Waals surface area contributed by atoms with Crippen LogP contribution in [0.15, 0.2) is 28.7 Å². The summed E-state index contributed by atoms with van der Waals surface area (Å²) in [6.45, 7) is -0.0964. The Morgan fingerprint density at radius 2 is 2.11 bits per heavy atom. The van der Waals surface area contributed by atoms with E-state index in [9.17, 15) is 14.9 Å². The third kappa shape index (κ3) is 3.62. The lowest BCUT2D eigenvalue weighted by atomic mass is 9.75. The van der Waals surface area contributed by atoms with Crippen molar-refractivity contribution < 1.29 is 9.72 Å². The van der Waals surface area contributed by atoms with Crippen molar-refractivity contribution in [1.82, 2.24) is 0 Å². The summed E-state index contributed by atoms with van der Waals surface area (Å²) in [5.74, 6) is -0.157. The van der Waals surface area contributed by atoms with Crippen LogP contribution in [0.3, 0.4) is 0 Å². The minimum atomic E-state index is -0.295. The Hall–Kier alpha value is -1.23. The van der Waals surface area contributed by atoms with Gasteiger partial charge in [0.15, 0.2) is 0 Å². The number of rotatable bonds is 4. The number of carbonyl (C=O) groups is 1. The van der Waals surface area contributed by atoms with Crippen molar-refractivity contribution in [1.29, 1.82) is 0 Å². The van der Waals surface area contributed by atoms with Gasteiger partial charge in [-0.05, 0) is 30.9 Å². The average Bonchev–Trinajstić information content (AvgIpc) is 2.35. The zero-order valence-electron chi connectivity index (χ0n) is 10.5. The summed E-state index contributed by atoms with van der Waals surface area (Å²) in [6, 6.07) is 7.75. The minimum absolute atomic E-state index is 0.0964. The van der Waals surface area contributed by atoms with Crippen LogP contribution in [-0.4, -0.2) is 17.3 Å². The summed E-state index contributed by atoms with van der Waals surface area (Å²) in [4.78, 5) is 22.5. The number of nitro groups is 1. The number of hydrogen-bond donors (Lipinski definition) is 0. The van der Waals surface area contributed by atoms with Gasteiger partial charge >= 0.3 is 0 Å². The second-order valence-corrected chi connectivity index (χ2v) is 5.89. The zero-order chi connectivity index (χ0) is 13.8. The summed E-state index contributed by atoms with van der Waals surface area (Å²) in [5, 5.41) is 10.7. The Morgan fingerprint density at radius 3 is 2.79 bits per heavy atom. The van der Waals surface area contributed by atoms with Gasteiger partial charge in [-0.2, -0.15) is 0 Å². The largest absolute Gasteiger partial charge is 0.299 e. The van der Waals surface area contributed by atoms with Crippen molar-refractivity contribution in [2.45, 2.75) is 25.7 Å². The molecule has 1 aromatic carbocycles. The first-order chi connectivity index (χ1) is 9.08. The number of nitrogens with zero attached hydrogens (tertiary/aromatic N) is 1. The molecule has 2 atom stereocenters. The second-order valence-electron chi connectivity index (χ2n) is 5.04. The second kappa shape index (κ2) is 6.28. The van der Waals surface area contributed by atoms with Crippen molar-refractivity contribution in [3.63, 3.8) is 0 Å². The van der Waals surface area contributed by atoms with Crippen molar-refractivity contribution >= 4 is 21.7 Å². The predicted octanol–water partition coefficient (Wildman–Crippen LogP) is 3.25. The molecule has 0 aliphatic heterocycles. The Kier molecular flexibility index (Phi) is 4.69. The molecule has 0 saturated heterocycles. The van der Waals surface area contributed by atoms with Crippen molar-refractivity contribution in [3.05, 3.63) is 44.4 Å². The fraction of sp³-hybridized carbons (Fsp3) is 0.500. The fourth-order valence-corrected chi connectivity index (χ4v) is 3.23. The van der Waals surface area contributed by atoms with Gasteiger partial charge in [0.05, 0.1) is 0 Å². The van der Waals surface area contributed by atoms with Gasteiger partial charge in [-0.25, -0.2) is 0 Å². The number of carbonyl (C=O) groups excluding carboxylic acids is 1. The highest BCUT2D eigenvalue weighted by atomic mass is 79.9. The highest BCUT2D eigenvalue weighted by Gasteiger charge is 2.35. The topological polar surface area (TPSA) is 60.2 Å². The molecule has 1 saturated carbocycles. The Labute approximate surface area is 120 Å². The first-order valence-electron chi connectivity index (χ1n) is 6.46. The molecule has 102 valence electrons. The van der Waals surface area contributed by atoms with E-state index in [0.29, 0.717) is 12.8 Å². The van der Waals surface area contributed by atoms with Gasteiger partial charge in [0, 0.05) is 27.7 Å². The molecule has 4 nitrogen and oxygen atoms in total. The molecule has 0 radical (unpaired) electrons. The molecule has 5 heteroatoms. The van der Waals surface area contributed by atoms with E-state index < -0.39 is 0 Å². The smallest absolute Gasteiger partial charge is 0.207 e. The Bertz CT molecular complexity index is 489. The lowest BCUT2D eigenvalue weighted by Gasteiger charge is -2.28. The fourth-order valence-electron chi connectivity index (χ4n) is 2.78. The monoisotopic (exact) mass is 325 g/mol. The van der Waals surface area contributed by atoms with E-state index >= 15 is 0 Å². The molecule has 0 N–H and O–H groups in total. The first-order valence-corrected chi connectivity index (χ1v) is 7.25. The first kappa shape index (κ1) is 14.2. The SMILES string of the molecule is O=C1CCC[C@@H](C[N+](=O)[O-])[C@@H]1Cc1ccccc1Br. The molecule has 0 amide bonds. The highest BCUT2D eigenvalue weighted by molar-refractivity contribution is 9.10. The summed E-state index contributed by atoms with van der Waals surface area (Å²) in [7, 11) is 0. The summed E-state index contributed by atoms with van der Waals surface area (Å²) in [6.07, 6.45) is 2.72. The number of Topliss-reactive ketones (excluding diaryl/α,β-unsaturated/α-hetero) is 1. The average molecular weight is 326 g/mol. The molecule has 1 aromatic rings. The van der Waals surface area contributed by atoms with Crippen LogP contribution >= 0.6 is 15.9 Å². The lowest BCUT2D eigenvalue weighted by Crippen LogP contribution is -2.34. The van der Waals surface area contributed by atoms with Crippen LogP contribution in [0.4, 0.5) is 0 Å². The van der Waals surface area contributed by atoms with Gasteiger partial charge in [-0.15, -0.1) is 0 Å². The van der Waals surface area contributed by atoms with Crippen molar-refractivity contribution in [3.8, 4) is 0 Å². The van der Waals surface area contributed by atoms with Gasteiger partial charge in [0.25, 0.3) is 0 Å². The van der Waals surface area contributed by atoms with Crippen LogP contribution < -0.4 is 0 Å². The van der Waals surface area contributed by atoms with E-state index in [4.69, 9.17) is 0 Å². The van der Waals surface area contributed by atoms with E-state index in [-0.39, 0.29) is 29.1 Å². The molecule has 0 bridgehead atoms. The third-order valence-corrected chi connectivity index (χ3v) is 4.54. The molecule has 0 unspecified atom stereocenters. The van der Waals surface area contributed by atoms with E-state index in [0.717, 1.165) is 22.9 Å². The molecule has 2 rings (SSSR count). The summed E-state index contributed by atoms with van der Waals surface area (Å²) < 4.78 is 0.966. The number of ketones is 1.